The Morgan fingerprint density at radius 2 is 1.91 bits per heavy atom. The minimum atomic E-state index is -0.414. The average molecular weight is 313 g/mol. The van der Waals surface area contributed by atoms with Gasteiger partial charge in [0.1, 0.15) is 0 Å². The highest BCUT2D eigenvalue weighted by Gasteiger charge is 2.22. The van der Waals surface area contributed by atoms with Gasteiger partial charge < -0.3 is 9.64 Å². The van der Waals surface area contributed by atoms with Crippen molar-refractivity contribution >= 4 is 11.9 Å². The monoisotopic (exact) mass is 313 g/mol. The van der Waals surface area contributed by atoms with Gasteiger partial charge in [-0.05, 0) is 29.8 Å². The predicted octanol–water partition coefficient (Wildman–Crippen LogP) is 1.93. The first-order valence-corrected chi connectivity index (χ1v) is 7.28. The van der Waals surface area contributed by atoms with Crippen molar-refractivity contribution in [1.82, 2.24) is 14.9 Å². The summed E-state index contributed by atoms with van der Waals surface area (Å²) in [6.45, 7) is 2.39. The van der Waals surface area contributed by atoms with Crippen LogP contribution in [-0.2, 0) is 16.1 Å². The summed E-state index contributed by atoms with van der Waals surface area (Å²) in [5.41, 5.74) is 1.42. The Bertz CT molecular complexity index is 647. The third-order valence-electron chi connectivity index (χ3n) is 3.42. The van der Waals surface area contributed by atoms with Gasteiger partial charge in [0.2, 0.25) is 0 Å². The molecule has 2 rings (SSSR count). The van der Waals surface area contributed by atoms with Gasteiger partial charge >= 0.3 is 5.97 Å². The molecule has 0 spiro atoms. The molecule has 0 aliphatic heterocycles. The number of hydrogen-bond donors (Lipinski definition) is 0. The van der Waals surface area contributed by atoms with Gasteiger partial charge in [0.25, 0.3) is 5.91 Å². The molecule has 1 amide bonds. The second kappa shape index (κ2) is 8.03. The van der Waals surface area contributed by atoms with E-state index in [1.165, 1.54) is 13.3 Å². The molecule has 2 aromatic rings. The Kier molecular flexibility index (Phi) is 5.80. The van der Waals surface area contributed by atoms with E-state index in [2.05, 4.69) is 9.97 Å². The van der Waals surface area contributed by atoms with Crippen LogP contribution in [0.15, 0.2) is 49.1 Å². The molecule has 0 radical (unpaired) electrons. The molecule has 0 aromatic carbocycles. The normalized spacial score (nSPS) is 11.6. The first kappa shape index (κ1) is 16.6. The molecule has 23 heavy (non-hydrogen) atoms. The van der Waals surface area contributed by atoms with Crippen molar-refractivity contribution in [2.75, 3.05) is 13.7 Å². The molecule has 120 valence electrons. The molecular weight excluding hydrogens is 294 g/mol. The molecule has 0 bridgehead atoms. The predicted molar refractivity (Wildman–Crippen MR) is 84.4 cm³/mol. The fraction of sp³-hybridized carbons (Fsp3) is 0.294. The van der Waals surface area contributed by atoms with E-state index in [9.17, 15) is 9.59 Å². The minimum Gasteiger partial charge on any atom is -0.469 e. The standard InChI is InChI=1S/C17H19N3O3/c1-13(17(22)23-2)11-20(12-14-5-8-18-9-6-14)16(21)15-4-3-7-19-10-15/h3-10,13H,11-12H2,1-2H3. The van der Waals surface area contributed by atoms with Crippen LogP contribution in [0.5, 0.6) is 0 Å². The number of carbonyl (C=O) groups is 2. The van der Waals surface area contributed by atoms with E-state index in [0.29, 0.717) is 12.1 Å². The lowest BCUT2D eigenvalue weighted by Crippen LogP contribution is -2.36. The van der Waals surface area contributed by atoms with Gasteiger partial charge in [-0.3, -0.25) is 19.6 Å². The lowest BCUT2D eigenvalue weighted by Gasteiger charge is -2.25. The van der Waals surface area contributed by atoms with E-state index in [1.807, 2.05) is 12.1 Å². The smallest absolute Gasteiger partial charge is 0.310 e. The summed E-state index contributed by atoms with van der Waals surface area (Å²) in [6.07, 6.45) is 6.48. The van der Waals surface area contributed by atoms with Crippen LogP contribution in [0.1, 0.15) is 22.8 Å². The van der Waals surface area contributed by atoms with Crippen molar-refractivity contribution in [2.24, 2.45) is 5.92 Å². The Morgan fingerprint density at radius 3 is 2.52 bits per heavy atom. The molecule has 6 nitrogen and oxygen atoms in total. The van der Waals surface area contributed by atoms with Crippen LogP contribution in [-0.4, -0.2) is 40.4 Å². The third-order valence-corrected chi connectivity index (χ3v) is 3.42. The maximum Gasteiger partial charge on any atom is 0.310 e. The van der Waals surface area contributed by atoms with E-state index in [4.69, 9.17) is 4.74 Å². The molecule has 0 N–H and O–H groups in total. The molecule has 0 aliphatic rings. The Labute approximate surface area is 135 Å². The second-order valence-electron chi connectivity index (χ2n) is 5.21. The number of esters is 1. The van der Waals surface area contributed by atoms with Crippen LogP contribution >= 0.6 is 0 Å². The summed E-state index contributed by atoms with van der Waals surface area (Å²) in [7, 11) is 1.34. The summed E-state index contributed by atoms with van der Waals surface area (Å²) in [5.74, 6) is -0.933. The van der Waals surface area contributed by atoms with Crippen molar-refractivity contribution in [2.45, 2.75) is 13.5 Å². The molecule has 1 unspecified atom stereocenters. The molecule has 2 aromatic heterocycles. The van der Waals surface area contributed by atoms with Gasteiger partial charge in [0, 0.05) is 37.9 Å². The quantitative estimate of drug-likeness (QED) is 0.762. The molecule has 0 fully saturated rings. The molecule has 6 heteroatoms. The summed E-state index contributed by atoms with van der Waals surface area (Å²) in [4.78, 5) is 34.0. The number of aromatic nitrogens is 2. The largest absolute Gasteiger partial charge is 0.469 e. The van der Waals surface area contributed by atoms with E-state index in [0.717, 1.165) is 5.56 Å². The van der Waals surface area contributed by atoms with E-state index in [-0.39, 0.29) is 18.4 Å². The van der Waals surface area contributed by atoms with E-state index >= 15 is 0 Å². The van der Waals surface area contributed by atoms with Crippen LogP contribution in [0.4, 0.5) is 0 Å². The molecular formula is C17H19N3O3. The highest BCUT2D eigenvalue weighted by Crippen LogP contribution is 2.12. The number of methoxy groups -OCH3 is 1. The van der Waals surface area contributed by atoms with Gasteiger partial charge in [-0.2, -0.15) is 0 Å². The highest BCUT2D eigenvalue weighted by molar-refractivity contribution is 5.94. The fourth-order valence-electron chi connectivity index (χ4n) is 2.21. The first-order valence-electron chi connectivity index (χ1n) is 7.28. The fourth-order valence-corrected chi connectivity index (χ4v) is 2.21. The molecule has 2 heterocycles. The zero-order valence-corrected chi connectivity index (χ0v) is 13.2. The summed E-state index contributed by atoms with van der Waals surface area (Å²) in [5, 5.41) is 0. The van der Waals surface area contributed by atoms with Gasteiger partial charge in [-0.15, -0.1) is 0 Å². The molecule has 0 saturated carbocycles. The number of carbonyl (C=O) groups excluding carboxylic acids is 2. The van der Waals surface area contributed by atoms with Crippen molar-refractivity contribution in [3.05, 3.63) is 60.2 Å². The summed E-state index contributed by atoms with van der Waals surface area (Å²) in [6, 6.07) is 7.10. The zero-order valence-electron chi connectivity index (χ0n) is 13.2. The van der Waals surface area contributed by atoms with Gasteiger partial charge in [0.05, 0.1) is 18.6 Å². The number of amides is 1. The SMILES string of the molecule is COC(=O)C(C)CN(Cc1ccncc1)C(=O)c1cccnc1. The number of nitrogens with zero attached hydrogens (tertiary/aromatic N) is 3. The van der Waals surface area contributed by atoms with Crippen molar-refractivity contribution in [1.29, 1.82) is 0 Å². The molecule has 0 aliphatic carbocycles. The Hall–Kier alpha value is -2.76. The van der Waals surface area contributed by atoms with E-state index < -0.39 is 5.92 Å². The maximum atomic E-state index is 12.7. The molecule has 1 atom stereocenters. The number of ether oxygens (including phenoxy) is 1. The minimum absolute atomic E-state index is 0.175. The highest BCUT2D eigenvalue weighted by atomic mass is 16.5. The van der Waals surface area contributed by atoms with Crippen LogP contribution in [0.2, 0.25) is 0 Å². The van der Waals surface area contributed by atoms with Gasteiger partial charge in [-0.1, -0.05) is 6.92 Å². The summed E-state index contributed by atoms with van der Waals surface area (Å²) >= 11 is 0. The second-order valence-corrected chi connectivity index (χ2v) is 5.21. The summed E-state index contributed by atoms with van der Waals surface area (Å²) < 4.78 is 4.75. The number of rotatable bonds is 6. The van der Waals surface area contributed by atoms with Gasteiger partial charge in [-0.25, -0.2) is 0 Å². The zero-order chi connectivity index (χ0) is 16.7. The number of hydrogen-bond acceptors (Lipinski definition) is 5. The average Bonchev–Trinajstić information content (AvgIpc) is 2.61. The lowest BCUT2D eigenvalue weighted by molar-refractivity contribution is -0.145. The van der Waals surface area contributed by atoms with Crippen LogP contribution in [0.3, 0.4) is 0 Å². The Morgan fingerprint density at radius 1 is 1.17 bits per heavy atom. The Balaban J connectivity index is 2.20. The van der Waals surface area contributed by atoms with Crippen molar-refractivity contribution in [3.63, 3.8) is 0 Å². The first-order chi connectivity index (χ1) is 11.1. The maximum absolute atomic E-state index is 12.7. The third kappa shape index (κ3) is 4.60. The lowest BCUT2D eigenvalue weighted by atomic mass is 10.1. The number of pyridine rings is 2. The van der Waals surface area contributed by atoms with Crippen LogP contribution < -0.4 is 0 Å². The molecule has 0 saturated heterocycles. The van der Waals surface area contributed by atoms with Crippen molar-refractivity contribution < 1.29 is 14.3 Å². The topological polar surface area (TPSA) is 72.4 Å². The van der Waals surface area contributed by atoms with Crippen LogP contribution in [0, 0.1) is 5.92 Å². The van der Waals surface area contributed by atoms with Crippen molar-refractivity contribution in [3.8, 4) is 0 Å². The van der Waals surface area contributed by atoms with E-state index in [1.54, 1.807) is 42.5 Å². The van der Waals surface area contributed by atoms with Crippen LogP contribution in [0.25, 0.3) is 0 Å². The van der Waals surface area contributed by atoms with Gasteiger partial charge in [0.15, 0.2) is 0 Å².